The Kier molecular flexibility index (Phi) is 4.49. The highest BCUT2D eigenvalue weighted by atomic mass is 16.5. The Bertz CT molecular complexity index is 1290. The van der Waals surface area contributed by atoms with E-state index in [-0.39, 0.29) is 12.4 Å². The molecule has 0 unspecified atom stereocenters. The van der Waals surface area contributed by atoms with E-state index >= 15 is 0 Å². The number of rotatable bonds is 3. The fraction of sp³-hybridized carbons (Fsp3) is 0.143. The minimum atomic E-state index is -1.61. The summed E-state index contributed by atoms with van der Waals surface area (Å²) in [4.78, 5) is 28.4. The number of nitrogens with zero attached hydrogens (tertiary/aromatic N) is 3. The van der Waals surface area contributed by atoms with Crippen LogP contribution in [0.2, 0.25) is 0 Å². The summed E-state index contributed by atoms with van der Waals surface area (Å²) < 4.78 is 6.62. The SMILES string of the molecule is COc1ccc2cn(C[C@@]3(C#Cc4cncc(C#N)c4)NC(=O)NC3=O)c(O)c2c1. The lowest BCUT2D eigenvalue weighted by Crippen LogP contribution is -2.49. The average Bonchev–Trinajstić information content (AvgIpc) is 3.21. The number of nitriles is 1. The fourth-order valence-corrected chi connectivity index (χ4v) is 3.21. The Morgan fingerprint density at radius 2 is 2.07 bits per heavy atom. The van der Waals surface area contributed by atoms with Gasteiger partial charge in [0.2, 0.25) is 5.54 Å². The number of carbonyl (C=O) groups excluding carboxylic acids is 2. The van der Waals surface area contributed by atoms with Gasteiger partial charge in [-0.1, -0.05) is 11.8 Å². The summed E-state index contributed by atoms with van der Waals surface area (Å²) in [5, 5.41) is 25.7. The molecule has 9 nitrogen and oxygen atoms in total. The smallest absolute Gasteiger partial charge is 0.323 e. The number of ether oxygens (including phenoxy) is 1. The van der Waals surface area contributed by atoms with E-state index < -0.39 is 17.5 Å². The molecule has 0 saturated carbocycles. The van der Waals surface area contributed by atoms with Crippen LogP contribution < -0.4 is 15.4 Å². The molecule has 0 aliphatic carbocycles. The van der Waals surface area contributed by atoms with Gasteiger partial charge in [0.1, 0.15) is 11.8 Å². The van der Waals surface area contributed by atoms with Crippen LogP contribution >= 0.6 is 0 Å². The van der Waals surface area contributed by atoms with Crippen LogP contribution in [0.5, 0.6) is 11.6 Å². The Balaban J connectivity index is 1.76. The van der Waals surface area contributed by atoms with Crippen molar-refractivity contribution in [2.75, 3.05) is 7.11 Å². The molecule has 1 aromatic carbocycles. The van der Waals surface area contributed by atoms with Crippen LogP contribution in [0.3, 0.4) is 0 Å². The van der Waals surface area contributed by atoms with E-state index in [4.69, 9.17) is 10.00 Å². The lowest BCUT2D eigenvalue weighted by Gasteiger charge is -2.20. The molecule has 3 N–H and O–H groups in total. The Hall–Kier alpha value is -4.50. The maximum Gasteiger partial charge on any atom is 0.323 e. The molecular weight excluding hydrogens is 386 g/mol. The molecule has 0 spiro atoms. The number of urea groups is 1. The molecule has 3 heterocycles. The summed E-state index contributed by atoms with van der Waals surface area (Å²) in [7, 11) is 1.52. The van der Waals surface area contributed by atoms with Gasteiger partial charge in [-0.3, -0.25) is 15.1 Å². The van der Waals surface area contributed by atoms with Gasteiger partial charge in [-0.25, -0.2) is 4.79 Å². The molecule has 9 heteroatoms. The average molecular weight is 401 g/mol. The van der Waals surface area contributed by atoms with Gasteiger partial charge < -0.3 is 19.7 Å². The van der Waals surface area contributed by atoms with Crippen molar-refractivity contribution in [2.24, 2.45) is 0 Å². The Morgan fingerprint density at radius 1 is 1.27 bits per heavy atom. The molecule has 1 atom stereocenters. The molecular formula is C21H15N5O4. The zero-order valence-electron chi connectivity index (χ0n) is 15.8. The molecule has 3 aromatic rings. The number of aromatic nitrogens is 2. The lowest BCUT2D eigenvalue weighted by atomic mass is 10.00. The van der Waals surface area contributed by atoms with Crippen molar-refractivity contribution < 1.29 is 19.4 Å². The van der Waals surface area contributed by atoms with Gasteiger partial charge in [-0.15, -0.1) is 0 Å². The van der Waals surface area contributed by atoms with E-state index in [2.05, 4.69) is 27.5 Å². The van der Waals surface area contributed by atoms with Gasteiger partial charge >= 0.3 is 6.03 Å². The van der Waals surface area contributed by atoms with Crippen LogP contribution in [0.25, 0.3) is 10.8 Å². The largest absolute Gasteiger partial charge is 0.497 e. The van der Waals surface area contributed by atoms with E-state index in [1.54, 1.807) is 24.4 Å². The van der Waals surface area contributed by atoms with E-state index in [0.717, 1.165) is 5.39 Å². The minimum Gasteiger partial charge on any atom is -0.497 e. The molecule has 0 bridgehead atoms. The number of imide groups is 1. The number of pyridine rings is 1. The van der Waals surface area contributed by atoms with Gasteiger partial charge in [0.05, 0.1) is 19.2 Å². The molecule has 1 fully saturated rings. The fourth-order valence-electron chi connectivity index (χ4n) is 3.21. The van der Waals surface area contributed by atoms with Gasteiger partial charge in [-0.05, 0) is 24.3 Å². The summed E-state index contributed by atoms with van der Waals surface area (Å²) >= 11 is 0. The van der Waals surface area contributed by atoms with Crippen LogP contribution in [-0.2, 0) is 11.3 Å². The summed E-state index contributed by atoms with van der Waals surface area (Å²) in [5.41, 5.74) is -0.885. The third-order valence-corrected chi connectivity index (χ3v) is 4.71. The van der Waals surface area contributed by atoms with Gasteiger partial charge in [-0.2, -0.15) is 5.26 Å². The van der Waals surface area contributed by atoms with Crippen LogP contribution in [0.1, 0.15) is 11.1 Å². The second kappa shape index (κ2) is 7.15. The zero-order chi connectivity index (χ0) is 21.3. The van der Waals surface area contributed by atoms with Crippen LogP contribution in [0.15, 0.2) is 42.9 Å². The van der Waals surface area contributed by atoms with Crippen molar-refractivity contribution in [3.63, 3.8) is 0 Å². The predicted molar refractivity (Wildman–Crippen MR) is 105 cm³/mol. The first kappa shape index (κ1) is 18.8. The summed E-state index contributed by atoms with van der Waals surface area (Å²) in [6, 6.07) is 8.00. The molecule has 4 rings (SSSR count). The van der Waals surface area contributed by atoms with E-state index in [9.17, 15) is 14.7 Å². The van der Waals surface area contributed by atoms with Crippen molar-refractivity contribution in [1.82, 2.24) is 20.2 Å². The zero-order valence-corrected chi connectivity index (χ0v) is 15.8. The predicted octanol–water partition coefficient (Wildman–Crippen LogP) is 1.25. The first-order chi connectivity index (χ1) is 14.4. The van der Waals surface area contributed by atoms with Crippen molar-refractivity contribution in [3.8, 4) is 29.5 Å². The number of amides is 3. The van der Waals surface area contributed by atoms with Crippen LogP contribution in [0.4, 0.5) is 4.79 Å². The quantitative estimate of drug-likeness (QED) is 0.447. The second-order valence-electron chi connectivity index (χ2n) is 6.67. The normalized spacial score (nSPS) is 17.6. The molecule has 148 valence electrons. The van der Waals surface area contributed by atoms with Crippen LogP contribution in [0, 0.1) is 23.2 Å². The number of aromatic hydroxyl groups is 1. The molecule has 1 saturated heterocycles. The third-order valence-electron chi connectivity index (χ3n) is 4.71. The summed E-state index contributed by atoms with van der Waals surface area (Å²) in [6.07, 6.45) is 4.50. The summed E-state index contributed by atoms with van der Waals surface area (Å²) in [5.74, 6) is 5.42. The number of carbonyl (C=O) groups is 2. The summed E-state index contributed by atoms with van der Waals surface area (Å²) in [6.45, 7) is -0.133. The monoisotopic (exact) mass is 401 g/mol. The maximum atomic E-state index is 12.6. The Morgan fingerprint density at radius 3 is 2.77 bits per heavy atom. The first-order valence-corrected chi connectivity index (χ1v) is 8.82. The van der Waals surface area contributed by atoms with Crippen molar-refractivity contribution in [2.45, 2.75) is 12.1 Å². The number of fused-ring (bicyclic) bond motifs is 1. The number of benzene rings is 1. The highest BCUT2D eigenvalue weighted by Crippen LogP contribution is 2.31. The highest BCUT2D eigenvalue weighted by molar-refractivity contribution is 6.09. The third kappa shape index (κ3) is 3.25. The number of nitrogens with one attached hydrogen (secondary N) is 2. The minimum absolute atomic E-state index is 0.0906. The topological polar surface area (TPSA) is 129 Å². The molecule has 2 aromatic heterocycles. The lowest BCUT2D eigenvalue weighted by molar-refractivity contribution is -0.122. The Labute approximate surface area is 170 Å². The number of methoxy groups -OCH3 is 1. The van der Waals surface area contributed by atoms with Gasteiger partial charge in [0, 0.05) is 34.9 Å². The molecule has 0 radical (unpaired) electrons. The van der Waals surface area contributed by atoms with Crippen molar-refractivity contribution >= 4 is 22.7 Å². The van der Waals surface area contributed by atoms with Gasteiger partial charge in [0.25, 0.3) is 5.91 Å². The first-order valence-electron chi connectivity index (χ1n) is 8.82. The second-order valence-corrected chi connectivity index (χ2v) is 6.67. The van der Waals surface area contributed by atoms with Gasteiger partial charge in [0.15, 0.2) is 5.88 Å². The molecule has 1 aliphatic heterocycles. The van der Waals surface area contributed by atoms with E-state index in [1.807, 2.05) is 6.07 Å². The molecule has 30 heavy (non-hydrogen) atoms. The maximum absolute atomic E-state index is 12.6. The van der Waals surface area contributed by atoms with Crippen molar-refractivity contribution in [1.29, 1.82) is 5.26 Å². The van der Waals surface area contributed by atoms with Crippen molar-refractivity contribution in [3.05, 3.63) is 54.0 Å². The molecule has 1 aliphatic rings. The van der Waals surface area contributed by atoms with Crippen LogP contribution in [-0.4, -0.2) is 39.2 Å². The number of hydrogen-bond donors (Lipinski definition) is 3. The van der Waals surface area contributed by atoms with E-state index in [1.165, 1.54) is 30.1 Å². The number of hydrogen-bond acceptors (Lipinski definition) is 6. The van der Waals surface area contributed by atoms with E-state index in [0.29, 0.717) is 22.3 Å². The standard InChI is InChI=1S/C21H15N5O4/c1-30-16-3-2-15-11-26(18(27)17(15)7-16)12-21(19(28)24-20(29)25-21)5-4-13-6-14(8-22)10-23-9-13/h2-3,6-7,9-11,27H,12H2,1H3,(H2,24,25,28,29)/t21-/m1/s1. The molecule has 3 amide bonds. The highest BCUT2D eigenvalue weighted by Gasteiger charge is 2.46.